The molecule has 2 N–H and O–H groups in total. The third kappa shape index (κ3) is 6.33. The Morgan fingerprint density at radius 1 is 1.15 bits per heavy atom. The highest BCUT2D eigenvalue weighted by Crippen LogP contribution is 2.32. The molecule has 4 rings (SSSR count). The second kappa shape index (κ2) is 11.9. The fourth-order valence-electron chi connectivity index (χ4n) is 4.37. The number of benzene rings is 2. The topological polar surface area (TPSA) is 133 Å². The standard InChI is InChI=1S/C27H33N3O7S3/c1-18-7-10-22(11-8-18)40(35,36)29(4)16-25-19(2)15-30(20(3)17-31)27(32)23-14-21(9-12-24(23)37-25)28-39(33,34)26-6-5-13-38-26/h5-14,19-20,25,28,31H,15-17H2,1-4H3/t19-,20+,25+/m1/s1. The molecule has 0 unspecified atom stereocenters. The number of fused-ring (bicyclic) bond motifs is 1. The van der Waals surface area contributed by atoms with Crippen LogP contribution in [0.1, 0.15) is 29.8 Å². The predicted molar refractivity (Wildman–Crippen MR) is 154 cm³/mol. The number of aryl methyl sites for hydroxylation is 1. The van der Waals surface area contributed by atoms with E-state index >= 15 is 0 Å². The maximum Gasteiger partial charge on any atom is 0.271 e. The maximum absolute atomic E-state index is 13.6. The SMILES string of the molecule is Cc1ccc(S(=O)(=O)N(C)C[C@@H]2Oc3ccc(NS(=O)(=O)c4cccs4)cc3C(=O)N([C@@H](C)CO)C[C@H]2C)cc1. The van der Waals surface area contributed by atoms with Crippen molar-refractivity contribution in [2.24, 2.45) is 5.92 Å². The minimum atomic E-state index is -3.86. The van der Waals surface area contributed by atoms with Gasteiger partial charge in [0.05, 0.1) is 29.7 Å². The van der Waals surface area contributed by atoms with E-state index in [2.05, 4.69) is 4.72 Å². The van der Waals surface area contributed by atoms with Crippen LogP contribution in [0.25, 0.3) is 0 Å². The van der Waals surface area contributed by atoms with Crippen LogP contribution in [0.4, 0.5) is 5.69 Å². The number of aliphatic hydroxyl groups is 1. The van der Waals surface area contributed by atoms with Crippen molar-refractivity contribution in [1.29, 1.82) is 0 Å². The van der Waals surface area contributed by atoms with Crippen LogP contribution in [0.3, 0.4) is 0 Å². The molecule has 216 valence electrons. The van der Waals surface area contributed by atoms with Crippen LogP contribution in [0.5, 0.6) is 5.75 Å². The minimum Gasteiger partial charge on any atom is -0.488 e. The highest BCUT2D eigenvalue weighted by molar-refractivity contribution is 7.94. The van der Waals surface area contributed by atoms with E-state index in [0.29, 0.717) is 0 Å². The van der Waals surface area contributed by atoms with Crippen LogP contribution in [0.15, 0.2) is 69.1 Å². The first-order valence-electron chi connectivity index (χ1n) is 12.7. The molecule has 0 radical (unpaired) electrons. The molecule has 2 aromatic carbocycles. The quantitative estimate of drug-likeness (QED) is 0.381. The Morgan fingerprint density at radius 2 is 1.85 bits per heavy atom. The number of ether oxygens (including phenoxy) is 1. The van der Waals surface area contributed by atoms with Crippen LogP contribution in [-0.4, -0.2) is 75.9 Å². The lowest BCUT2D eigenvalue weighted by molar-refractivity contribution is 0.0387. The number of amides is 1. The van der Waals surface area contributed by atoms with E-state index < -0.39 is 38.1 Å². The highest BCUT2D eigenvalue weighted by atomic mass is 32.2. The molecule has 10 nitrogen and oxygen atoms in total. The molecular formula is C27H33N3O7S3. The van der Waals surface area contributed by atoms with Gasteiger partial charge in [-0.05, 0) is 55.6 Å². The number of carbonyl (C=O) groups excluding carboxylic acids is 1. The Hall–Kier alpha value is -2.97. The van der Waals surface area contributed by atoms with Crippen LogP contribution >= 0.6 is 11.3 Å². The van der Waals surface area contributed by atoms with E-state index in [1.54, 1.807) is 42.6 Å². The molecule has 0 spiro atoms. The first-order chi connectivity index (χ1) is 18.8. The van der Waals surface area contributed by atoms with Gasteiger partial charge in [-0.2, -0.15) is 4.31 Å². The molecule has 3 atom stereocenters. The van der Waals surface area contributed by atoms with E-state index in [9.17, 15) is 26.7 Å². The van der Waals surface area contributed by atoms with Crippen LogP contribution < -0.4 is 9.46 Å². The van der Waals surface area contributed by atoms with Crippen molar-refractivity contribution in [3.8, 4) is 5.75 Å². The normalized spacial score (nSPS) is 18.9. The Balaban J connectivity index is 1.68. The van der Waals surface area contributed by atoms with Crippen molar-refractivity contribution in [3.63, 3.8) is 0 Å². The zero-order chi connectivity index (χ0) is 29.2. The first-order valence-corrected chi connectivity index (χ1v) is 16.5. The summed E-state index contributed by atoms with van der Waals surface area (Å²) < 4.78 is 62.2. The molecule has 2 heterocycles. The van der Waals surface area contributed by atoms with E-state index in [1.165, 1.54) is 40.5 Å². The summed E-state index contributed by atoms with van der Waals surface area (Å²) >= 11 is 1.07. The number of nitrogens with zero attached hydrogens (tertiary/aromatic N) is 2. The maximum atomic E-state index is 13.6. The van der Waals surface area contributed by atoms with Crippen molar-refractivity contribution in [2.45, 2.75) is 42.0 Å². The lowest BCUT2D eigenvalue weighted by Gasteiger charge is -2.38. The van der Waals surface area contributed by atoms with Crippen molar-refractivity contribution in [2.75, 3.05) is 31.5 Å². The molecule has 0 saturated heterocycles. The number of hydrogen-bond donors (Lipinski definition) is 2. The molecule has 1 aromatic heterocycles. The zero-order valence-electron chi connectivity index (χ0n) is 22.6. The van der Waals surface area contributed by atoms with Gasteiger partial charge in [0.15, 0.2) is 0 Å². The zero-order valence-corrected chi connectivity index (χ0v) is 25.1. The number of thiophene rings is 1. The van der Waals surface area contributed by atoms with E-state index in [1.807, 2.05) is 13.8 Å². The van der Waals surface area contributed by atoms with Gasteiger partial charge in [-0.3, -0.25) is 9.52 Å². The van der Waals surface area contributed by atoms with Crippen LogP contribution in [0.2, 0.25) is 0 Å². The van der Waals surface area contributed by atoms with E-state index in [-0.39, 0.29) is 51.7 Å². The number of nitrogens with one attached hydrogen (secondary N) is 1. The van der Waals surface area contributed by atoms with Crippen molar-refractivity contribution in [1.82, 2.24) is 9.21 Å². The first kappa shape index (κ1) is 30.0. The van der Waals surface area contributed by atoms with E-state index in [0.717, 1.165) is 16.9 Å². The smallest absolute Gasteiger partial charge is 0.271 e. The van der Waals surface area contributed by atoms with Gasteiger partial charge < -0.3 is 14.7 Å². The average Bonchev–Trinajstić information content (AvgIpc) is 3.47. The molecule has 0 fully saturated rings. The lowest BCUT2D eigenvalue weighted by atomic mass is 9.99. The molecule has 0 saturated carbocycles. The second-order valence-corrected chi connectivity index (χ2v) is 14.9. The molecule has 0 aliphatic carbocycles. The average molecular weight is 608 g/mol. The number of carbonyl (C=O) groups is 1. The molecule has 1 aliphatic heterocycles. The van der Waals surface area contributed by atoms with Crippen LogP contribution in [-0.2, 0) is 20.0 Å². The van der Waals surface area contributed by atoms with Gasteiger partial charge in [-0.1, -0.05) is 30.7 Å². The largest absolute Gasteiger partial charge is 0.488 e. The summed E-state index contributed by atoms with van der Waals surface area (Å²) in [5.41, 5.74) is 1.22. The molecule has 0 bridgehead atoms. The Morgan fingerprint density at radius 3 is 2.48 bits per heavy atom. The van der Waals surface area contributed by atoms with Gasteiger partial charge in [-0.25, -0.2) is 16.8 Å². The summed E-state index contributed by atoms with van der Waals surface area (Å²) in [6, 6.07) is 13.5. The van der Waals surface area contributed by atoms with E-state index in [4.69, 9.17) is 4.74 Å². The Bertz CT molecular complexity index is 1560. The number of aliphatic hydroxyl groups excluding tert-OH is 1. The van der Waals surface area contributed by atoms with Gasteiger partial charge in [0.25, 0.3) is 15.9 Å². The Labute approximate surface area is 239 Å². The van der Waals surface area contributed by atoms with Crippen molar-refractivity contribution < 1.29 is 31.5 Å². The summed E-state index contributed by atoms with van der Waals surface area (Å²) in [7, 11) is -6.19. The van der Waals surface area contributed by atoms with Gasteiger partial charge in [0.2, 0.25) is 10.0 Å². The summed E-state index contributed by atoms with van der Waals surface area (Å²) in [6.07, 6.45) is -0.654. The third-order valence-electron chi connectivity index (χ3n) is 6.84. The minimum absolute atomic E-state index is 0.000882. The number of sulfonamides is 2. The van der Waals surface area contributed by atoms with Crippen molar-refractivity contribution >= 4 is 43.0 Å². The summed E-state index contributed by atoms with van der Waals surface area (Å²) in [5, 5.41) is 11.5. The number of anilines is 1. The summed E-state index contributed by atoms with van der Waals surface area (Å²) in [5.74, 6) is -0.546. The highest BCUT2D eigenvalue weighted by Gasteiger charge is 2.35. The third-order valence-corrected chi connectivity index (χ3v) is 11.5. The molecule has 1 amide bonds. The van der Waals surface area contributed by atoms with Gasteiger partial charge >= 0.3 is 0 Å². The number of likely N-dealkylation sites (N-methyl/N-ethyl adjacent to an activating group) is 1. The van der Waals surface area contributed by atoms with Crippen LogP contribution in [0, 0.1) is 12.8 Å². The predicted octanol–water partition coefficient (Wildman–Crippen LogP) is 3.40. The molecule has 40 heavy (non-hydrogen) atoms. The van der Waals surface area contributed by atoms with Crippen molar-refractivity contribution in [3.05, 3.63) is 71.1 Å². The Kier molecular flexibility index (Phi) is 8.90. The van der Waals surface area contributed by atoms with Gasteiger partial charge in [-0.15, -0.1) is 11.3 Å². The second-order valence-electron chi connectivity index (χ2n) is 9.97. The molecular weight excluding hydrogens is 575 g/mol. The van der Waals surface area contributed by atoms with Gasteiger partial charge in [0.1, 0.15) is 16.1 Å². The summed E-state index contributed by atoms with van der Waals surface area (Å²) in [6.45, 7) is 5.34. The molecule has 3 aromatic rings. The number of hydrogen-bond acceptors (Lipinski definition) is 8. The number of rotatable bonds is 9. The molecule has 13 heteroatoms. The monoisotopic (exact) mass is 607 g/mol. The summed E-state index contributed by atoms with van der Waals surface area (Å²) in [4.78, 5) is 15.3. The fourth-order valence-corrected chi connectivity index (χ4v) is 7.59. The lowest BCUT2D eigenvalue weighted by Crippen LogP contribution is -2.50. The fraction of sp³-hybridized carbons (Fsp3) is 0.370. The molecule has 1 aliphatic rings. The van der Waals surface area contributed by atoms with Gasteiger partial charge in [0, 0.05) is 25.2 Å².